The molecule has 110 valence electrons. The van der Waals surface area contributed by atoms with Gasteiger partial charge in [-0.1, -0.05) is 18.2 Å². The molecule has 3 heteroatoms. The third kappa shape index (κ3) is 3.03. The summed E-state index contributed by atoms with van der Waals surface area (Å²) in [6, 6.07) is 18.3. The quantitative estimate of drug-likeness (QED) is 0.732. The highest BCUT2D eigenvalue weighted by atomic mass is 14.8. The largest absolute Gasteiger partial charge is 0.257 e. The van der Waals surface area contributed by atoms with Gasteiger partial charge in [0.25, 0.3) is 0 Å². The summed E-state index contributed by atoms with van der Waals surface area (Å²) in [5, 5.41) is 0. The van der Waals surface area contributed by atoms with Crippen LogP contribution in [0.1, 0.15) is 40.1 Å². The first kappa shape index (κ1) is 14.4. The van der Waals surface area contributed by atoms with Gasteiger partial charge >= 0.3 is 0 Å². The standard InChI is InChI=1S/C19H19N3/c1-13-7-4-10-16(20-13)19(17-11-5-8-14(2)21-17)18-12-6-9-15(3)22-18/h4-12,19H,1-3H3. The van der Waals surface area contributed by atoms with Gasteiger partial charge in [0.1, 0.15) is 0 Å². The number of rotatable bonds is 3. The van der Waals surface area contributed by atoms with Crippen LogP contribution in [0, 0.1) is 20.8 Å². The summed E-state index contributed by atoms with van der Waals surface area (Å²) in [7, 11) is 0. The minimum absolute atomic E-state index is 0.0419. The maximum atomic E-state index is 4.71. The van der Waals surface area contributed by atoms with Crippen molar-refractivity contribution in [1.82, 2.24) is 15.0 Å². The zero-order valence-corrected chi connectivity index (χ0v) is 13.1. The molecule has 0 radical (unpaired) electrons. The number of hydrogen-bond acceptors (Lipinski definition) is 3. The van der Waals surface area contributed by atoms with Crippen molar-refractivity contribution >= 4 is 0 Å². The topological polar surface area (TPSA) is 38.7 Å². The molecular weight excluding hydrogens is 270 g/mol. The van der Waals surface area contributed by atoms with E-state index in [1.807, 2.05) is 75.4 Å². The number of aromatic nitrogens is 3. The summed E-state index contributed by atoms with van der Waals surface area (Å²) in [5.74, 6) is -0.0419. The highest BCUT2D eigenvalue weighted by Gasteiger charge is 2.21. The number of pyridine rings is 3. The fourth-order valence-corrected chi connectivity index (χ4v) is 2.63. The first-order valence-electron chi connectivity index (χ1n) is 7.44. The summed E-state index contributed by atoms with van der Waals surface area (Å²) >= 11 is 0. The summed E-state index contributed by atoms with van der Waals surface area (Å²) in [4.78, 5) is 14.1. The third-order valence-electron chi connectivity index (χ3n) is 3.62. The van der Waals surface area contributed by atoms with E-state index in [1.54, 1.807) is 0 Å². The summed E-state index contributed by atoms with van der Waals surface area (Å²) < 4.78 is 0. The molecule has 0 saturated heterocycles. The van der Waals surface area contributed by atoms with E-state index in [9.17, 15) is 0 Å². The monoisotopic (exact) mass is 289 g/mol. The fraction of sp³-hybridized carbons (Fsp3) is 0.211. The van der Waals surface area contributed by atoms with E-state index in [2.05, 4.69) is 0 Å². The lowest BCUT2D eigenvalue weighted by Gasteiger charge is -2.17. The Morgan fingerprint density at radius 1 is 0.545 bits per heavy atom. The Hall–Kier alpha value is -2.55. The van der Waals surface area contributed by atoms with Gasteiger partial charge in [0.05, 0.1) is 23.0 Å². The first-order chi connectivity index (χ1) is 10.6. The van der Waals surface area contributed by atoms with Gasteiger partial charge in [0.2, 0.25) is 0 Å². The lowest BCUT2D eigenvalue weighted by atomic mass is 9.95. The normalized spacial score (nSPS) is 10.9. The van der Waals surface area contributed by atoms with E-state index in [-0.39, 0.29) is 5.92 Å². The van der Waals surface area contributed by atoms with E-state index in [1.165, 1.54) is 0 Å². The average molecular weight is 289 g/mol. The van der Waals surface area contributed by atoms with Crippen LogP contribution in [0.3, 0.4) is 0 Å². The zero-order chi connectivity index (χ0) is 15.5. The number of hydrogen-bond donors (Lipinski definition) is 0. The van der Waals surface area contributed by atoms with Crippen molar-refractivity contribution in [2.24, 2.45) is 0 Å². The van der Waals surface area contributed by atoms with Gasteiger partial charge in [0.15, 0.2) is 0 Å². The van der Waals surface area contributed by atoms with Crippen LogP contribution in [0.4, 0.5) is 0 Å². The van der Waals surface area contributed by atoms with Crippen LogP contribution in [0.15, 0.2) is 54.6 Å². The van der Waals surface area contributed by atoms with E-state index in [4.69, 9.17) is 15.0 Å². The molecule has 0 unspecified atom stereocenters. The summed E-state index contributed by atoms with van der Waals surface area (Å²) in [6.07, 6.45) is 0. The van der Waals surface area contributed by atoms with Crippen LogP contribution >= 0.6 is 0 Å². The van der Waals surface area contributed by atoms with Gasteiger partial charge < -0.3 is 0 Å². The van der Waals surface area contributed by atoms with Gasteiger partial charge in [0, 0.05) is 17.1 Å². The van der Waals surface area contributed by atoms with Crippen LogP contribution in [-0.4, -0.2) is 15.0 Å². The predicted molar refractivity (Wildman–Crippen MR) is 87.9 cm³/mol. The molecule has 0 aliphatic carbocycles. The minimum atomic E-state index is -0.0419. The highest BCUT2D eigenvalue weighted by Crippen LogP contribution is 2.28. The molecular formula is C19H19N3. The van der Waals surface area contributed by atoms with Gasteiger partial charge in [-0.05, 0) is 57.2 Å². The van der Waals surface area contributed by atoms with Gasteiger partial charge in [-0.15, -0.1) is 0 Å². The van der Waals surface area contributed by atoms with Crippen molar-refractivity contribution < 1.29 is 0 Å². The molecule has 0 fully saturated rings. The van der Waals surface area contributed by atoms with Gasteiger partial charge in [-0.2, -0.15) is 0 Å². The smallest absolute Gasteiger partial charge is 0.0858 e. The highest BCUT2D eigenvalue weighted by molar-refractivity contribution is 5.35. The molecule has 0 aromatic carbocycles. The summed E-state index contributed by atoms with van der Waals surface area (Å²) in [6.45, 7) is 6.02. The second kappa shape index (κ2) is 6.06. The van der Waals surface area contributed by atoms with Crippen LogP contribution in [0.25, 0.3) is 0 Å². The molecule has 0 bridgehead atoms. The molecule has 0 spiro atoms. The Morgan fingerprint density at radius 3 is 1.14 bits per heavy atom. The molecule has 0 saturated carbocycles. The van der Waals surface area contributed by atoms with Crippen molar-refractivity contribution in [1.29, 1.82) is 0 Å². The second-order valence-electron chi connectivity index (χ2n) is 5.54. The molecule has 0 N–H and O–H groups in total. The third-order valence-corrected chi connectivity index (χ3v) is 3.62. The van der Waals surface area contributed by atoms with Crippen molar-refractivity contribution in [3.05, 3.63) is 88.8 Å². The molecule has 3 aromatic heterocycles. The van der Waals surface area contributed by atoms with Crippen LogP contribution < -0.4 is 0 Å². The molecule has 0 atom stereocenters. The van der Waals surface area contributed by atoms with Crippen LogP contribution in [0.2, 0.25) is 0 Å². The molecule has 22 heavy (non-hydrogen) atoms. The fourth-order valence-electron chi connectivity index (χ4n) is 2.63. The van der Waals surface area contributed by atoms with Gasteiger partial charge in [-0.3, -0.25) is 15.0 Å². The molecule has 3 nitrogen and oxygen atoms in total. The van der Waals surface area contributed by atoms with E-state index >= 15 is 0 Å². The maximum Gasteiger partial charge on any atom is 0.0858 e. The Labute approximate surface area is 131 Å². The predicted octanol–water partition coefficient (Wildman–Crippen LogP) is 3.98. The van der Waals surface area contributed by atoms with Crippen molar-refractivity contribution in [2.45, 2.75) is 26.7 Å². The average Bonchev–Trinajstić information content (AvgIpc) is 2.48. The number of aryl methyl sites for hydroxylation is 3. The molecule has 0 aliphatic rings. The lowest BCUT2D eigenvalue weighted by Crippen LogP contribution is -2.10. The Morgan fingerprint density at radius 2 is 0.864 bits per heavy atom. The van der Waals surface area contributed by atoms with E-state index < -0.39 is 0 Å². The Kier molecular flexibility index (Phi) is 3.96. The SMILES string of the molecule is Cc1cccc(C(c2cccc(C)n2)c2cccc(C)n2)n1. The molecule has 3 aromatic rings. The van der Waals surface area contributed by atoms with Crippen LogP contribution in [0.5, 0.6) is 0 Å². The minimum Gasteiger partial charge on any atom is -0.257 e. The van der Waals surface area contributed by atoms with Crippen molar-refractivity contribution in [3.63, 3.8) is 0 Å². The zero-order valence-electron chi connectivity index (χ0n) is 13.1. The van der Waals surface area contributed by atoms with E-state index in [0.717, 1.165) is 34.2 Å². The molecule has 3 heterocycles. The van der Waals surface area contributed by atoms with Crippen molar-refractivity contribution in [2.75, 3.05) is 0 Å². The second-order valence-corrected chi connectivity index (χ2v) is 5.54. The van der Waals surface area contributed by atoms with Crippen molar-refractivity contribution in [3.8, 4) is 0 Å². The van der Waals surface area contributed by atoms with E-state index in [0.29, 0.717) is 0 Å². The lowest BCUT2D eigenvalue weighted by molar-refractivity contribution is 0.822. The van der Waals surface area contributed by atoms with Gasteiger partial charge in [-0.25, -0.2) is 0 Å². The number of nitrogens with zero attached hydrogens (tertiary/aromatic N) is 3. The Bertz CT molecular complexity index is 688. The first-order valence-corrected chi connectivity index (χ1v) is 7.44. The molecule has 3 rings (SSSR count). The summed E-state index contributed by atoms with van der Waals surface area (Å²) in [5.41, 5.74) is 5.96. The molecule has 0 aliphatic heterocycles. The maximum absolute atomic E-state index is 4.71. The van der Waals surface area contributed by atoms with Crippen LogP contribution in [-0.2, 0) is 0 Å². The Balaban J connectivity index is 2.18. The molecule has 0 amide bonds.